The first-order chi connectivity index (χ1) is 14.4. The van der Waals surface area contributed by atoms with Crippen LogP contribution in [0.2, 0.25) is 0 Å². The summed E-state index contributed by atoms with van der Waals surface area (Å²) >= 11 is 0. The zero-order chi connectivity index (χ0) is 20.9. The molecule has 0 aliphatic heterocycles. The fourth-order valence-electron chi connectivity index (χ4n) is 6.97. The van der Waals surface area contributed by atoms with Gasteiger partial charge in [0.25, 0.3) is 0 Å². The maximum Gasteiger partial charge on any atom is 0.226 e. The van der Waals surface area contributed by atoms with Crippen LogP contribution in [0.1, 0.15) is 55.7 Å². The zero-order valence-electron chi connectivity index (χ0n) is 18.3. The number of nitrogens with one attached hydrogen (secondary N) is 1. The van der Waals surface area contributed by atoms with Crippen LogP contribution >= 0.6 is 0 Å². The fraction of sp³-hybridized carbons (Fsp3) is 0.625. The van der Waals surface area contributed by atoms with E-state index >= 15 is 0 Å². The SMILES string of the molecule is Cc1ccc([C@@H](CNC(=O)C23C[C@H]4C[C@@H](C2)CC(n2cncn2)(C4)C3)N(C)C)cc1. The zero-order valence-corrected chi connectivity index (χ0v) is 18.3. The van der Waals surface area contributed by atoms with Crippen LogP contribution in [0.5, 0.6) is 0 Å². The second-order valence-electron chi connectivity index (χ2n) is 10.4. The molecular formula is C24H33N5O. The topological polar surface area (TPSA) is 63.1 Å². The summed E-state index contributed by atoms with van der Waals surface area (Å²) in [4.78, 5) is 20.1. The molecule has 2 unspecified atom stereocenters. The highest BCUT2D eigenvalue weighted by Gasteiger charge is 2.61. The van der Waals surface area contributed by atoms with Gasteiger partial charge in [0.1, 0.15) is 12.7 Å². The Balaban J connectivity index is 1.35. The van der Waals surface area contributed by atoms with Crippen molar-refractivity contribution in [2.75, 3.05) is 20.6 Å². The molecule has 6 heteroatoms. The first-order valence-electron chi connectivity index (χ1n) is 11.3. The van der Waals surface area contributed by atoms with E-state index < -0.39 is 0 Å². The Kier molecular flexibility index (Phi) is 4.73. The van der Waals surface area contributed by atoms with Crippen LogP contribution in [0.15, 0.2) is 36.9 Å². The second-order valence-corrected chi connectivity index (χ2v) is 10.4. The van der Waals surface area contributed by atoms with Gasteiger partial charge < -0.3 is 10.2 Å². The molecule has 4 aliphatic rings. The number of benzene rings is 1. The van der Waals surface area contributed by atoms with Gasteiger partial charge in [-0.2, -0.15) is 5.10 Å². The largest absolute Gasteiger partial charge is 0.354 e. The molecule has 1 amide bonds. The number of rotatable bonds is 6. The van der Waals surface area contributed by atoms with Crippen molar-refractivity contribution in [2.45, 2.75) is 57.0 Å². The molecule has 4 saturated carbocycles. The Morgan fingerprint density at radius 2 is 1.90 bits per heavy atom. The third-order valence-electron chi connectivity index (χ3n) is 7.96. The molecule has 1 aromatic heterocycles. The molecule has 4 aliphatic carbocycles. The summed E-state index contributed by atoms with van der Waals surface area (Å²) in [6.07, 6.45) is 10.0. The molecule has 0 spiro atoms. The van der Waals surface area contributed by atoms with Crippen LogP contribution in [-0.2, 0) is 10.3 Å². The second kappa shape index (κ2) is 7.19. The van der Waals surface area contributed by atoms with E-state index in [0.29, 0.717) is 18.4 Å². The summed E-state index contributed by atoms with van der Waals surface area (Å²) in [6, 6.07) is 8.82. The van der Waals surface area contributed by atoms with Gasteiger partial charge in [0.2, 0.25) is 5.91 Å². The number of hydrogen-bond donors (Lipinski definition) is 1. The van der Waals surface area contributed by atoms with E-state index in [2.05, 4.69) is 70.3 Å². The van der Waals surface area contributed by atoms with E-state index in [1.54, 1.807) is 6.33 Å². The minimum atomic E-state index is -0.250. The fourth-order valence-corrected chi connectivity index (χ4v) is 6.97. The van der Waals surface area contributed by atoms with Crippen molar-refractivity contribution in [1.82, 2.24) is 25.0 Å². The van der Waals surface area contributed by atoms with Gasteiger partial charge in [-0.3, -0.25) is 4.79 Å². The van der Waals surface area contributed by atoms with Crippen molar-refractivity contribution >= 4 is 5.91 Å². The lowest BCUT2D eigenvalue weighted by molar-refractivity contribution is -0.156. The maximum absolute atomic E-state index is 13.6. The Bertz CT molecular complexity index is 890. The lowest BCUT2D eigenvalue weighted by Crippen LogP contribution is -2.61. The third-order valence-corrected chi connectivity index (χ3v) is 7.96. The van der Waals surface area contributed by atoms with Crippen molar-refractivity contribution in [3.8, 4) is 0 Å². The number of aromatic nitrogens is 3. The quantitative estimate of drug-likeness (QED) is 0.798. The van der Waals surface area contributed by atoms with Crippen molar-refractivity contribution in [3.05, 3.63) is 48.0 Å². The van der Waals surface area contributed by atoms with Crippen molar-refractivity contribution in [1.29, 1.82) is 0 Å². The average Bonchev–Trinajstić information content (AvgIpc) is 3.24. The van der Waals surface area contributed by atoms with Crippen molar-refractivity contribution in [3.63, 3.8) is 0 Å². The van der Waals surface area contributed by atoms with Crippen LogP contribution in [0.4, 0.5) is 0 Å². The van der Waals surface area contributed by atoms with Gasteiger partial charge in [-0.1, -0.05) is 29.8 Å². The molecule has 0 saturated heterocycles. The molecule has 5 atom stereocenters. The normalized spacial score (nSPS) is 33.1. The van der Waals surface area contributed by atoms with E-state index in [9.17, 15) is 4.79 Å². The Morgan fingerprint density at radius 3 is 2.50 bits per heavy atom. The van der Waals surface area contributed by atoms with Gasteiger partial charge in [0.15, 0.2) is 0 Å². The lowest BCUT2D eigenvalue weighted by atomic mass is 9.46. The van der Waals surface area contributed by atoms with Crippen molar-refractivity contribution in [2.24, 2.45) is 17.3 Å². The molecule has 1 aromatic carbocycles. The number of amides is 1. The first-order valence-corrected chi connectivity index (χ1v) is 11.3. The molecule has 2 aromatic rings. The number of likely N-dealkylation sites (N-methyl/N-ethyl adjacent to an activating group) is 1. The average molecular weight is 408 g/mol. The maximum atomic E-state index is 13.6. The highest BCUT2D eigenvalue weighted by Crippen LogP contribution is 2.64. The van der Waals surface area contributed by atoms with Crippen LogP contribution in [0.3, 0.4) is 0 Å². The Morgan fingerprint density at radius 1 is 1.20 bits per heavy atom. The summed E-state index contributed by atoms with van der Waals surface area (Å²) < 4.78 is 2.07. The van der Waals surface area contributed by atoms with Crippen LogP contribution in [-0.4, -0.2) is 46.2 Å². The van der Waals surface area contributed by atoms with Gasteiger partial charge in [-0.15, -0.1) is 0 Å². The van der Waals surface area contributed by atoms with Crippen LogP contribution in [0, 0.1) is 24.2 Å². The molecule has 6 nitrogen and oxygen atoms in total. The monoisotopic (exact) mass is 407 g/mol. The standard InChI is InChI=1S/C24H33N5O/c1-17-4-6-20(7-5-17)21(28(2)3)13-26-22(30)23-9-18-8-19(10-23)12-24(11-18,14-23)29-16-25-15-27-29/h4-7,15-16,18-19,21H,8-14H2,1-3H3,(H,26,30)/t18-,19+,21-,23?,24?/m1/s1. The molecule has 6 rings (SSSR count). The van der Waals surface area contributed by atoms with E-state index in [0.717, 1.165) is 32.1 Å². The molecule has 4 bridgehead atoms. The lowest BCUT2D eigenvalue weighted by Gasteiger charge is -2.60. The van der Waals surface area contributed by atoms with Gasteiger partial charge >= 0.3 is 0 Å². The molecule has 1 heterocycles. The molecule has 0 radical (unpaired) electrons. The number of aryl methyl sites for hydroxylation is 1. The summed E-state index contributed by atoms with van der Waals surface area (Å²) in [5.74, 6) is 1.51. The summed E-state index contributed by atoms with van der Waals surface area (Å²) in [5, 5.41) is 7.88. The third kappa shape index (κ3) is 3.25. The van der Waals surface area contributed by atoms with E-state index in [4.69, 9.17) is 0 Å². The molecule has 160 valence electrons. The Labute approximate surface area is 179 Å². The first kappa shape index (κ1) is 19.7. The van der Waals surface area contributed by atoms with Crippen LogP contribution < -0.4 is 5.32 Å². The number of carbonyl (C=O) groups excluding carboxylic acids is 1. The van der Waals surface area contributed by atoms with Gasteiger partial charge in [-0.25, -0.2) is 9.67 Å². The predicted molar refractivity (Wildman–Crippen MR) is 116 cm³/mol. The van der Waals surface area contributed by atoms with Gasteiger partial charge in [0.05, 0.1) is 17.0 Å². The summed E-state index contributed by atoms with van der Waals surface area (Å²) in [5.41, 5.74) is 2.23. The highest BCUT2D eigenvalue weighted by molar-refractivity contribution is 5.83. The summed E-state index contributed by atoms with van der Waals surface area (Å²) in [6.45, 7) is 2.75. The van der Waals surface area contributed by atoms with E-state index in [1.165, 1.54) is 17.5 Å². The number of hydrogen-bond acceptors (Lipinski definition) is 4. The molecular weight excluding hydrogens is 374 g/mol. The number of carbonyl (C=O) groups is 1. The molecule has 1 N–H and O–H groups in total. The molecule has 4 fully saturated rings. The van der Waals surface area contributed by atoms with Gasteiger partial charge in [-0.05, 0) is 76.9 Å². The molecule has 30 heavy (non-hydrogen) atoms. The van der Waals surface area contributed by atoms with Crippen molar-refractivity contribution < 1.29 is 4.79 Å². The van der Waals surface area contributed by atoms with Gasteiger partial charge in [0, 0.05) is 6.54 Å². The van der Waals surface area contributed by atoms with E-state index in [-0.39, 0.29) is 22.9 Å². The smallest absolute Gasteiger partial charge is 0.226 e. The summed E-state index contributed by atoms with van der Waals surface area (Å²) in [7, 11) is 4.17. The minimum absolute atomic E-state index is 0.0180. The minimum Gasteiger partial charge on any atom is -0.354 e. The van der Waals surface area contributed by atoms with E-state index in [1.807, 2.05) is 6.33 Å². The highest BCUT2D eigenvalue weighted by atomic mass is 16.2. The predicted octanol–water partition coefficient (Wildman–Crippen LogP) is 3.30. The number of nitrogens with zero attached hydrogens (tertiary/aromatic N) is 4. The van der Waals surface area contributed by atoms with Crippen LogP contribution in [0.25, 0.3) is 0 Å². The Hall–Kier alpha value is -2.21.